The van der Waals surface area contributed by atoms with Gasteiger partial charge < -0.3 is 20.1 Å². The minimum Gasteiger partial charge on any atom is -0.442 e. The number of carbonyl (C=O) groups is 2. The molecule has 2 aliphatic heterocycles. The second-order valence-corrected chi connectivity index (χ2v) is 7.74. The first-order valence-electron chi connectivity index (χ1n) is 9.30. The zero-order valence-electron chi connectivity index (χ0n) is 15.4. The van der Waals surface area contributed by atoms with E-state index in [9.17, 15) is 19.1 Å². The van der Waals surface area contributed by atoms with E-state index >= 15 is 0 Å². The molecule has 0 aromatic heterocycles. The summed E-state index contributed by atoms with van der Waals surface area (Å²) in [6.07, 6.45) is -1.30. The number of rotatable bonds is 5. The molecule has 0 bridgehead atoms. The number of fused-ring (bicyclic) bond motifs is 1. The van der Waals surface area contributed by atoms with E-state index in [0.29, 0.717) is 29.1 Å². The van der Waals surface area contributed by atoms with Crippen molar-refractivity contribution in [2.24, 2.45) is 17.8 Å². The van der Waals surface area contributed by atoms with E-state index in [-0.39, 0.29) is 30.9 Å². The van der Waals surface area contributed by atoms with Crippen LogP contribution in [-0.2, 0) is 9.53 Å². The van der Waals surface area contributed by atoms with Crippen LogP contribution < -0.4 is 15.1 Å². The summed E-state index contributed by atoms with van der Waals surface area (Å²) in [5.74, 6) is 0.643. The van der Waals surface area contributed by atoms with Gasteiger partial charge in [-0.2, -0.15) is 0 Å². The van der Waals surface area contributed by atoms with Gasteiger partial charge in [0.15, 0.2) is 0 Å². The Labute approximate surface area is 157 Å². The highest BCUT2D eigenvalue weighted by atomic mass is 19.1. The molecule has 1 unspecified atom stereocenters. The van der Waals surface area contributed by atoms with Crippen molar-refractivity contribution in [3.8, 4) is 0 Å². The third-order valence-corrected chi connectivity index (χ3v) is 5.85. The Morgan fingerprint density at radius 3 is 2.67 bits per heavy atom. The van der Waals surface area contributed by atoms with Gasteiger partial charge in [-0.05, 0) is 42.9 Å². The topological polar surface area (TPSA) is 82.1 Å². The van der Waals surface area contributed by atoms with Crippen LogP contribution in [0.5, 0.6) is 0 Å². The molecule has 0 radical (unpaired) electrons. The number of nitrogens with one attached hydrogen (secondary N) is 1. The van der Waals surface area contributed by atoms with E-state index in [1.54, 1.807) is 12.1 Å². The second kappa shape index (κ2) is 6.67. The van der Waals surface area contributed by atoms with E-state index in [4.69, 9.17) is 4.74 Å². The lowest BCUT2D eigenvalue weighted by Crippen LogP contribution is -2.33. The van der Waals surface area contributed by atoms with E-state index in [0.717, 1.165) is 13.1 Å². The number of carbonyl (C=O) groups excluding carboxylic acids is 2. The van der Waals surface area contributed by atoms with Crippen molar-refractivity contribution < 1.29 is 23.8 Å². The first kappa shape index (κ1) is 18.0. The summed E-state index contributed by atoms with van der Waals surface area (Å²) < 4.78 is 19.9. The van der Waals surface area contributed by atoms with E-state index < -0.39 is 12.2 Å². The molecule has 1 saturated carbocycles. The predicted molar refractivity (Wildman–Crippen MR) is 97.1 cm³/mol. The van der Waals surface area contributed by atoms with Crippen molar-refractivity contribution in [2.45, 2.75) is 26.1 Å². The number of aliphatic hydroxyl groups excluding tert-OH is 1. The van der Waals surface area contributed by atoms with Gasteiger partial charge in [-0.25, -0.2) is 9.18 Å². The number of cyclic esters (lactones) is 1. The molecule has 1 aromatic carbocycles. The van der Waals surface area contributed by atoms with Crippen LogP contribution in [0.4, 0.5) is 20.6 Å². The zero-order valence-corrected chi connectivity index (χ0v) is 15.4. The lowest BCUT2D eigenvalue weighted by atomic mass is 10.1. The fourth-order valence-electron chi connectivity index (χ4n) is 4.50. The molecule has 2 heterocycles. The van der Waals surface area contributed by atoms with E-state index in [1.165, 1.54) is 17.9 Å². The van der Waals surface area contributed by atoms with Crippen molar-refractivity contribution >= 4 is 23.4 Å². The molecule has 1 aliphatic carbocycles. The molecule has 2 saturated heterocycles. The molecule has 2 amide bonds. The average molecular weight is 377 g/mol. The maximum Gasteiger partial charge on any atom is 0.414 e. The number of benzene rings is 1. The highest BCUT2D eigenvalue weighted by molar-refractivity contribution is 5.90. The van der Waals surface area contributed by atoms with Gasteiger partial charge in [-0.15, -0.1) is 0 Å². The molecule has 1 aromatic rings. The van der Waals surface area contributed by atoms with Crippen molar-refractivity contribution in [2.75, 3.05) is 36.0 Å². The maximum absolute atomic E-state index is 14.7. The summed E-state index contributed by atoms with van der Waals surface area (Å²) in [4.78, 5) is 26.4. The number of amides is 2. The van der Waals surface area contributed by atoms with Crippen LogP contribution in [0.1, 0.15) is 13.8 Å². The van der Waals surface area contributed by atoms with Crippen molar-refractivity contribution in [3.63, 3.8) is 0 Å². The Hall–Kier alpha value is -2.35. The number of ether oxygens (including phenoxy) is 1. The normalized spacial score (nSPS) is 30.1. The quantitative estimate of drug-likeness (QED) is 0.810. The summed E-state index contributed by atoms with van der Waals surface area (Å²) in [5.41, 5.74) is 0.968. The molecule has 27 heavy (non-hydrogen) atoms. The molecular formula is C19H24FN3O4. The van der Waals surface area contributed by atoms with Gasteiger partial charge in [0.25, 0.3) is 0 Å². The Balaban J connectivity index is 1.41. The number of nitrogens with zero attached hydrogens (tertiary/aromatic N) is 2. The predicted octanol–water partition coefficient (Wildman–Crippen LogP) is 1.35. The molecule has 146 valence electrons. The van der Waals surface area contributed by atoms with Crippen LogP contribution in [0.25, 0.3) is 0 Å². The number of aliphatic hydroxyl groups is 1. The zero-order chi connectivity index (χ0) is 19.3. The molecule has 5 atom stereocenters. The maximum atomic E-state index is 14.7. The number of anilines is 2. The standard InChI is InChI=1S/C19H24FN3O4/c1-10(24)18-14-8-22(9-15(14)18)17-4-3-12(5-16(17)20)23-7-13(27-19(23)26)6-21-11(2)25/h3-5,10,13-15,18,24H,6-9H2,1-2H3,(H,21,25)/t10-,13+,14-,15+,18?/m1/s1. The molecule has 0 spiro atoms. The second-order valence-electron chi connectivity index (χ2n) is 7.74. The Morgan fingerprint density at radius 2 is 2.07 bits per heavy atom. The van der Waals surface area contributed by atoms with Gasteiger partial charge in [-0.1, -0.05) is 0 Å². The summed E-state index contributed by atoms with van der Waals surface area (Å²) in [5, 5.41) is 12.3. The fraction of sp³-hybridized carbons (Fsp3) is 0.579. The summed E-state index contributed by atoms with van der Waals surface area (Å²) in [6, 6.07) is 4.77. The number of halogens is 1. The van der Waals surface area contributed by atoms with Crippen molar-refractivity contribution in [1.29, 1.82) is 0 Å². The molecular weight excluding hydrogens is 353 g/mol. The molecule has 7 nitrogen and oxygen atoms in total. The largest absolute Gasteiger partial charge is 0.442 e. The minimum absolute atomic E-state index is 0.193. The van der Waals surface area contributed by atoms with Crippen LogP contribution >= 0.6 is 0 Å². The van der Waals surface area contributed by atoms with Crippen molar-refractivity contribution in [3.05, 3.63) is 24.0 Å². The monoisotopic (exact) mass is 377 g/mol. The molecule has 3 aliphatic rings. The number of hydrogen-bond donors (Lipinski definition) is 2. The lowest BCUT2D eigenvalue weighted by Gasteiger charge is -2.24. The average Bonchev–Trinajstić information content (AvgIpc) is 2.94. The molecule has 2 N–H and O–H groups in total. The summed E-state index contributed by atoms with van der Waals surface area (Å²) >= 11 is 0. The third-order valence-electron chi connectivity index (χ3n) is 5.85. The van der Waals surface area contributed by atoms with Crippen molar-refractivity contribution in [1.82, 2.24) is 5.32 Å². The highest BCUT2D eigenvalue weighted by Crippen LogP contribution is 2.54. The smallest absolute Gasteiger partial charge is 0.414 e. The van der Waals surface area contributed by atoms with Gasteiger partial charge in [-0.3, -0.25) is 9.69 Å². The van der Waals surface area contributed by atoms with Gasteiger partial charge in [0, 0.05) is 20.0 Å². The first-order valence-corrected chi connectivity index (χ1v) is 9.30. The van der Waals surface area contributed by atoms with Gasteiger partial charge in [0.2, 0.25) is 5.91 Å². The van der Waals surface area contributed by atoms with Crippen LogP contribution in [0.15, 0.2) is 18.2 Å². The summed E-state index contributed by atoms with van der Waals surface area (Å²) in [6.45, 7) is 5.22. The minimum atomic E-state index is -0.542. The van der Waals surface area contributed by atoms with Crippen LogP contribution in [0.3, 0.4) is 0 Å². The summed E-state index contributed by atoms with van der Waals surface area (Å²) in [7, 11) is 0. The lowest BCUT2D eigenvalue weighted by molar-refractivity contribution is -0.119. The van der Waals surface area contributed by atoms with Crippen LogP contribution in [0, 0.1) is 23.6 Å². The van der Waals surface area contributed by atoms with Crippen LogP contribution in [0.2, 0.25) is 0 Å². The van der Waals surface area contributed by atoms with Crippen LogP contribution in [-0.4, -0.2) is 55.5 Å². The Bertz CT molecular complexity index is 759. The molecule has 8 heteroatoms. The third kappa shape index (κ3) is 3.34. The first-order chi connectivity index (χ1) is 12.8. The highest BCUT2D eigenvalue weighted by Gasteiger charge is 2.57. The van der Waals surface area contributed by atoms with E-state index in [2.05, 4.69) is 5.32 Å². The Morgan fingerprint density at radius 1 is 1.37 bits per heavy atom. The van der Waals surface area contributed by atoms with Gasteiger partial charge in [0.1, 0.15) is 11.9 Å². The fourth-order valence-corrected chi connectivity index (χ4v) is 4.50. The number of piperidine rings is 1. The number of hydrogen-bond acceptors (Lipinski definition) is 5. The molecule has 3 fully saturated rings. The van der Waals surface area contributed by atoms with Gasteiger partial charge >= 0.3 is 6.09 Å². The van der Waals surface area contributed by atoms with E-state index in [1.807, 2.05) is 11.8 Å². The van der Waals surface area contributed by atoms with Gasteiger partial charge in [0.05, 0.1) is 30.6 Å². The molecule has 4 rings (SSSR count). The Kier molecular flexibility index (Phi) is 4.46. The SMILES string of the molecule is CC(=O)NC[C@H]1CN(c2ccc(N3C[C@@H]4C([C@@H](C)O)[C@@H]4C3)c(F)c2)C(=O)O1.